The summed E-state index contributed by atoms with van der Waals surface area (Å²) in [6.45, 7) is 0. The number of hydrogen-bond donors (Lipinski definition) is 1. The molecule has 0 saturated carbocycles. The number of aromatic nitrogens is 1. The zero-order valence-electron chi connectivity index (χ0n) is 11.5. The van der Waals surface area contributed by atoms with Gasteiger partial charge < -0.3 is 5.11 Å². The standard InChI is InChI=1S/C16H17NO3S/c18-16(19)15(11-13-5-2-1-3-6-13)21(20)10-8-14-7-4-9-17-12-14/h1-7,9,12,15H,8,10-11H2,(H,18,19). The van der Waals surface area contributed by atoms with Crippen LogP contribution in [0.15, 0.2) is 54.9 Å². The molecule has 1 heterocycles. The van der Waals surface area contributed by atoms with Gasteiger partial charge in [-0.05, 0) is 30.0 Å². The largest absolute Gasteiger partial charge is 0.480 e. The molecule has 0 radical (unpaired) electrons. The van der Waals surface area contributed by atoms with Crippen molar-refractivity contribution in [2.45, 2.75) is 18.1 Å². The van der Waals surface area contributed by atoms with Crippen LogP contribution in [-0.2, 0) is 28.4 Å². The molecular formula is C16H17NO3S. The Balaban J connectivity index is 1.98. The first-order valence-electron chi connectivity index (χ1n) is 6.69. The second-order valence-corrected chi connectivity index (χ2v) is 6.45. The number of pyridine rings is 1. The van der Waals surface area contributed by atoms with Crippen LogP contribution < -0.4 is 0 Å². The smallest absolute Gasteiger partial charge is 0.319 e. The molecule has 0 aliphatic rings. The lowest BCUT2D eigenvalue weighted by molar-refractivity contribution is -0.136. The van der Waals surface area contributed by atoms with E-state index in [0.29, 0.717) is 12.2 Å². The molecule has 0 fully saturated rings. The highest BCUT2D eigenvalue weighted by Crippen LogP contribution is 2.10. The Bertz CT molecular complexity index is 601. The minimum absolute atomic E-state index is 0.288. The van der Waals surface area contributed by atoms with Gasteiger partial charge in [-0.1, -0.05) is 36.4 Å². The van der Waals surface area contributed by atoms with E-state index in [9.17, 15) is 14.1 Å². The van der Waals surface area contributed by atoms with Crippen molar-refractivity contribution < 1.29 is 14.1 Å². The lowest BCUT2D eigenvalue weighted by Gasteiger charge is -2.12. The lowest BCUT2D eigenvalue weighted by atomic mass is 10.1. The first-order valence-corrected chi connectivity index (χ1v) is 8.08. The highest BCUT2D eigenvalue weighted by Gasteiger charge is 2.24. The number of hydrogen-bond acceptors (Lipinski definition) is 3. The Morgan fingerprint density at radius 3 is 2.48 bits per heavy atom. The summed E-state index contributed by atoms with van der Waals surface area (Å²) in [7, 11) is -1.42. The van der Waals surface area contributed by atoms with Gasteiger partial charge in [-0.3, -0.25) is 14.0 Å². The summed E-state index contributed by atoms with van der Waals surface area (Å²) >= 11 is 0. The van der Waals surface area contributed by atoms with E-state index in [1.54, 1.807) is 12.4 Å². The summed E-state index contributed by atoms with van der Waals surface area (Å²) in [6.07, 6.45) is 4.24. The molecule has 21 heavy (non-hydrogen) atoms. The molecule has 5 heteroatoms. The van der Waals surface area contributed by atoms with Crippen LogP contribution in [0.1, 0.15) is 11.1 Å². The monoisotopic (exact) mass is 303 g/mol. The van der Waals surface area contributed by atoms with Gasteiger partial charge in [-0.15, -0.1) is 0 Å². The lowest BCUT2D eigenvalue weighted by Crippen LogP contribution is -2.30. The van der Waals surface area contributed by atoms with Crippen molar-refractivity contribution in [2.24, 2.45) is 0 Å². The predicted octanol–water partition coefficient (Wildman–Crippen LogP) is 2.07. The van der Waals surface area contributed by atoms with Gasteiger partial charge in [0.05, 0.1) is 0 Å². The second kappa shape index (κ2) is 7.69. The summed E-state index contributed by atoms with van der Waals surface area (Å²) in [6, 6.07) is 13.0. The van der Waals surface area contributed by atoms with Crippen molar-refractivity contribution in [1.29, 1.82) is 0 Å². The molecule has 0 amide bonds. The normalized spacial score (nSPS) is 13.5. The molecule has 0 saturated heterocycles. The van der Waals surface area contributed by atoms with Crippen LogP contribution in [0, 0.1) is 0 Å². The Hall–Kier alpha value is -2.01. The third-order valence-electron chi connectivity index (χ3n) is 3.17. The fraction of sp³-hybridized carbons (Fsp3) is 0.250. The molecule has 0 aliphatic carbocycles. The van der Waals surface area contributed by atoms with E-state index in [0.717, 1.165) is 11.1 Å². The van der Waals surface area contributed by atoms with Gasteiger partial charge in [-0.25, -0.2) is 0 Å². The number of benzene rings is 1. The van der Waals surface area contributed by atoms with E-state index < -0.39 is 22.0 Å². The Labute approximate surface area is 126 Å². The molecule has 2 atom stereocenters. The fourth-order valence-electron chi connectivity index (χ4n) is 2.03. The van der Waals surface area contributed by atoms with Crippen LogP contribution in [0.2, 0.25) is 0 Å². The van der Waals surface area contributed by atoms with Gasteiger partial charge in [0.1, 0.15) is 5.25 Å². The minimum atomic E-state index is -1.42. The molecule has 110 valence electrons. The molecule has 0 aliphatic heterocycles. The van der Waals surface area contributed by atoms with E-state index >= 15 is 0 Å². The van der Waals surface area contributed by atoms with Crippen LogP contribution in [0.3, 0.4) is 0 Å². The molecule has 0 bridgehead atoms. The third-order valence-corrected chi connectivity index (χ3v) is 4.78. The highest BCUT2D eigenvalue weighted by atomic mass is 32.2. The second-order valence-electron chi connectivity index (χ2n) is 4.71. The quantitative estimate of drug-likeness (QED) is 0.850. The molecular weight excluding hydrogens is 286 g/mol. The van der Waals surface area contributed by atoms with Gasteiger partial charge in [-0.2, -0.15) is 0 Å². The number of nitrogens with zero attached hydrogens (tertiary/aromatic N) is 1. The number of carboxylic acids is 1. The predicted molar refractivity (Wildman–Crippen MR) is 82.5 cm³/mol. The maximum absolute atomic E-state index is 12.3. The first-order chi connectivity index (χ1) is 10.2. The van der Waals surface area contributed by atoms with Gasteiger partial charge >= 0.3 is 5.97 Å². The van der Waals surface area contributed by atoms with Crippen molar-refractivity contribution in [3.8, 4) is 0 Å². The van der Waals surface area contributed by atoms with E-state index in [2.05, 4.69) is 4.98 Å². The molecule has 2 unspecified atom stereocenters. The first kappa shape index (κ1) is 15.4. The number of aliphatic carboxylic acids is 1. The highest BCUT2D eigenvalue weighted by molar-refractivity contribution is 7.86. The zero-order valence-corrected chi connectivity index (χ0v) is 12.3. The van der Waals surface area contributed by atoms with E-state index in [1.165, 1.54) is 0 Å². The van der Waals surface area contributed by atoms with Gasteiger partial charge in [0.2, 0.25) is 0 Å². The van der Waals surface area contributed by atoms with Crippen LogP contribution in [0.4, 0.5) is 0 Å². The molecule has 4 nitrogen and oxygen atoms in total. The zero-order chi connectivity index (χ0) is 15.1. The maximum atomic E-state index is 12.3. The van der Waals surface area contributed by atoms with Crippen molar-refractivity contribution in [3.05, 3.63) is 66.0 Å². The average Bonchev–Trinajstić information content (AvgIpc) is 2.52. The summed E-state index contributed by atoms with van der Waals surface area (Å²) < 4.78 is 12.3. The Morgan fingerprint density at radius 2 is 1.86 bits per heavy atom. The van der Waals surface area contributed by atoms with Gasteiger partial charge in [0, 0.05) is 28.9 Å². The Kier molecular flexibility index (Phi) is 5.63. The molecule has 1 aromatic heterocycles. The number of carbonyl (C=O) groups is 1. The number of rotatable bonds is 7. The number of aryl methyl sites for hydroxylation is 1. The van der Waals surface area contributed by atoms with Crippen molar-refractivity contribution in [2.75, 3.05) is 5.75 Å². The molecule has 1 aromatic carbocycles. The number of carboxylic acid groups (broad SMARTS) is 1. The van der Waals surface area contributed by atoms with E-state index in [-0.39, 0.29) is 6.42 Å². The van der Waals surface area contributed by atoms with Crippen LogP contribution in [0.25, 0.3) is 0 Å². The van der Waals surface area contributed by atoms with Crippen LogP contribution >= 0.6 is 0 Å². The summed E-state index contributed by atoms with van der Waals surface area (Å²) in [4.78, 5) is 15.3. The summed E-state index contributed by atoms with van der Waals surface area (Å²) in [5.74, 6) is -0.682. The molecule has 0 spiro atoms. The van der Waals surface area contributed by atoms with Crippen molar-refractivity contribution in [1.82, 2.24) is 4.98 Å². The Morgan fingerprint density at radius 1 is 1.14 bits per heavy atom. The molecule has 1 N–H and O–H groups in total. The third kappa shape index (κ3) is 4.79. The van der Waals surface area contributed by atoms with Crippen LogP contribution in [0.5, 0.6) is 0 Å². The average molecular weight is 303 g/mol. The van der Waals surface area contributed by atoms with Crippen LogP contribution in [-0.4, -0.2) is 31.3 Å². The van der Waals surface area contributed by atoms with Gasteiger partial charge in [0.15, 0.2) is 0 Å². The van der Waals surface area contributed by atoms with Gasteiger partial charge in [0.25, 0.3) is 0 Å². The van der Waals surface area contributed by atoms with E-state index in [4.69, 9.17) is 0 Å². The topological polar surface area (TPSA) is 67.3 Å². The summed E-state index contributed by atoms with van der Waals surface area (Å²) in [5.41, 5.74) is 1.86. The SMILES string of the molecule is O=C(O)C(Cc1ccccc1)S(=O)CCc1cccnc1. The molecule has 2 aromatic rings. The van der Waals surface area contributed by atoms with Crippen molar-refractivity contribution in [3.63, 3.8) is 0 Å². The molecule has 2 rings (SSSR count). The van der Waals surface area contributed by atoms with E-state index in [1.807, 2.05) is 42.5 Å². The maximum Gasteiger partial charge on any atom is 0.319 e. The van der Waals surface area contributed by atoms with Crippen molar-refractivity contribution >= 4 is 16.8 Å². The minimum Gasteiger partial charge on any atom is -0.480 e. The summed E-state index contributed by atoms with van der Waals surface area (Å²) in [5, 5.41) is 8.43. The fourth-order valence-corrected chi connectivity index (χ4v) is 3.35.